The lowest BCUT2D eigenvalue weighted by atomic mass is 10.2. The quantitative estimate of drug-likeness (QED) is 0.713. The average Bonchev–Trinajstić information content (AvgIpc) is 3.16. The number of hydrogen-bond acceptors (Lipinski definition) is 6. The highest BCUT2D eigenvalue weighted by molar-refractivity contribution is 7.86. The largest absolute Gasteiger partial charge is 0.340 e. The van der Waals surface area contributed by atoms with Gasteiger partial charge in [-0.25, -0.2) is 0 Å². The summed E-state index contributed by atoms with van der Waals surface area (Å²) in [7, 11) is -0.431. The second-order valence-electron chi connectivity index (χ2n) is 6.45. The molecular weight excluding hydrogens is 370 g/mol. The highest BCUT2D eigenvalue weighted by atomic mass is 32.2. The topological polar surface area (TPSA) is 99.9 Å². The van der Waals surface area contributed by atoms with Gasteiger partial charge in [0.05, 0.1) is 0 Å². The van der Waals surface area contributed by atoms with Crippen LogP contribution in [0.2, 0.25) is 0 Å². The number of aryl methyl sites for hydroxylation is 1. The molecule has 2 heterocycles. The Morgan fingerprint density at radius 1 is 1.15 bits per heavy atom. The minimum atomic E-state index is -3.43. The molecule has 0 radical (unpaired) electrons. The van der Waals surface area contributed by atoms with Crippen molar-refractivity contribution in [2.24, 2.45) is 0 Å². The lowest BCUT2D eigenvalue weighted by Gasteiger charge is -2.35. The van der Waals surface area contributed by atoms with Crippen LogP contribution in [-0.2, 0) is 21.4 Å². The fraction of sp³-hybridized carbons (Fsp3) is 0.471. The summed E-state index contributed by atoms with van der Waals surface area (Å²) < 4.78 is 32.0. The Labute approximate surface area is 158 Å². The predicted molar refractivity (Wildman–Crippen MR) is 98.8 cm³/mol. The number of benzene rings is 1. The maximum Gasteiger partial charge on any atom is 0.281 e. The van der Waals surface area contributed by atoms with Crippen molar-refractivity contribution in [1.82, 2.24) is 23.7 Å². The van der Waals surface area contributed by atoms with E-state index >= 15 is 0 Å². The highest BCUT2D eigenvalue weighted by Crippen LogP contribution is 2.16. The molecule has 0 aliphatic carbocycles. The summed E-state index contributed by atoms with van der Waals surface area (Å²) in [5, 5.41) is 3.94. The van der Waals surface area contributed by atoms with Gasteiger partial charge in [-0.05, 0) is 0 Å². The van der Waals surface area contributed by atoms with E-state index in [1.807, 2.05) is 30.3 Å². The van der Waals surface area contributed by atoms with E-state index < -0.39 is 10.2 Å². The Morgan fingerprint density at radius 3 is 2.44 bits per heavy atom. The third kappa shape index (κ3) is 4.52. The van der Waals surface area contributed by atoms with Crippen molar-refractivity contribution in [3.8, 4) is 11.4 Å². The van der Waals surface area contributed by atoms with Gasteiger partial charge in [0.2, 0.25) is 17.6 Å². The van der Waals surface area contributed by atoms with Crippen LogP contribution in [0.5, 0.6) is 0 Å². The van der Waals surface area contributed by atoms with Crippen molar-refractivity contribution in [1.29, 1.82) is 0 Å². The number of nitrogens with zero attached hydrogens (tertiary/aromatic N) is 5. The summed E-state index contributed by atoms with van der Waals surface area (Å²) >= 11 is 0. The highest BCUT2D eigenvalue weighted by Gasteiger charge is 2.30. The molecule has 9 nitrogen and oxygen atoms in total. The Kier molecular flexibility index (Phi) is 5.88. The van der Waals surface area contributed by atoms with Crippen molar-refractivity contribution in [3.05, 3.63) is 36.2 Å². The van der Waals surface area contributed by atoms with E-state index in [9.17, 15) is 13.2 Å². The molecule has 1 aliphatic heterocycles. The predicted octanol–water partition coefficient (Wildman–Crippen LogP) is 0.620. The molecule has 0 spiro atoms. The van der Waals surface area contributed by atoms with Gasteiger partial charge < -0.3 is 9.42 Å². The molecule has 1 aromatic heterocycles. The van der Waals surface area contributed by atoms with E-state index in [-0.39, 0.29) is 12.3 Å². The van der Waals surface area contributed by atoms with Crippen LogP contribution >= 0.6 is 0 Å². The lowest BCUT2D eigenvalue weighted by molar-refractivity contribution is -0.132. The monoisotopic (exact) mass is 393 g/mol. The van der Waals surface area contributed by atoms with Gasteiger partial charge in [-0.15, -0.1) is 0 Å². The van der Waals surface area contributed by atoms with Crippen LogP contribution in [0.3, 0.4) is 0 Å². The second-order valence-corrected chi connectivity index (χ2v) is 8.59. The number of carbonyl (C=O) groups excluding carboxylic acids is 1. The molecule has 0 unspecified atom stereocenters. The zero-order valence-corrected chi connectivity index (χ0v) is 16.2. The summed E-state index contributed by atoms with van der Waals surface area (Å²) in [6.07, 6.45) is 0.603. The van der Waals surface area contributed by atoms with E-state index in [0.717, 1.165) is 5.56 Å². The van der Waals surface area contributed by atoms with E-state index in [1.54, 1.807) is 4.90 Å². The summed E-state index contributed by atoms with van der Waals surface area (Å²) in [5.41, 5.74) is 0.858. The van der Waals surface area contributed by atoms with E-state index in [2.05, 4.69) is 10.1 Å². The minimum absolute atomic E-state index is 0.0450. The molecule has 146 valence electrons. The summed E-state index contributed by atoms with van der Waals surface area (Å²) in [4.78, 5) is 18.4. The number of piperazine rings is 1. The first-order valence-corrected chi connectivity index (χ1v) is 10.1. The second kappa shape index (κ2) is 8.15. The summed E-state index contributed by atoms with van der Waals surface area (Å²) in [6, 6.07) is 9.48. The van der Waals surface area contributed by atoms with Gasteiger partial charge in [-0.3, -0.25) is 4.79 Å². The molecule has 1 aliphatic rings. The van der Waals surface area contributed by atoms with Crippen LogP contribution in [0.4, 0.5) is 0 Å². The van der Waals surface area contributed by atoms with Crippen molar-refractivity contribution in [3.63, 3.8) is 0 Å². The summed E-state index contributed by atoms with van der Waals surface area (Å²) in [6.45, 7) is 1.35. The fourth-order valence-electron chi connectivity index (χ4n) is 2.83. The maximum absolute atomic E-state index is 12.4. The molecule has 3 rings (SSSR count). The zero-order valence-electron chi connectivity index (χ0n) is 15.4. The molecular formula is C17H23N5O4S. The van der Waals surface area contributed by atoms with Crippen LogP contribution in [0.15, 0.2) is 34.9 Å². The molecule has 1 saturated heterocycles. The molecule has 10 heteroatoms. The minimum Gasteiger partial charge on any atom is -0.340 e. The number of rotatable bonds is 6. The molecule has 0 N–H and O–H groups in total. The van der Waals surface area contributed by atoms with Gasteiger partial charge in [0.25, 0.3) is 10.2 Å². The van der Waals surface area contributed by atoms with Gasteiger partial charge in [0, 0.05) is 58.7 Å². The van der Waals surface area contributed by atoms with Crippen LogP contribution in [0.25, 0.3) is 11.4 Å². The van der Waals surface area contributed by atoms with E-state index in [0.29, 0.717) is 44.3 Å². The van der Waals surface area contributed by atoms with Crippen molar-refractivity contribution >= 4 is 16.1 Å². The number of aromatic nitrogens is 2. The first-order valence-electron chi connectivity index (χ1n) is 8.71. The average molecular weight is 393 g/mol. The fourth-order valence-corrected chi connectivity index (χ4v) is 3.92. The number of hydrogen-bond donors (Lipinski definition) is 0. The third-order valence-corrected chi connectivity index (χ3v) is 6.37. The van der Waals surface area contributed by atoms with E-state index in [4.69, 9.17) is 4.52 Å². The molecule has 27 heavy (non-hydrogen) atoms. The summed E-state index contributed by atoms with van der Waals surface area (Å²) in [5.74, 6) is 0.868. The molecule has 0 bridgehead atoms. The van der Waals surface area contributed by atoms with Crippen LogP contribution in [0.1, 0.15) is 12.3 Å². The number of amides is 1. The molecule has 2 aromatic rings. The first-order chi connectivity index (χ1) is 12.9. The van der Waals surface area contributed by atoms with Crippen LogP contribution in [0, 0.1) is 0 Å². The third-order valence-electron chi connectivity index (χ3n) is 4.43. The van der Waals surface area contributed by atoms with E-state index in [1.165, 1.54) is 22.7 Å². The molecule has 1 amide bonds. The van der Waals surface area contributed by atoms with Crippen molar-refractivity contribution in [2.45, 2.75) is 12.8 Å². The van der Waals surface area contributed by atoms with Crippen molar-refractivity contribution < 1.29 is 17.7 Å². The first kappa shape index (κ1) is 19.5. The molecule has 1 fully saturated rings. The smallest absolute Gasteiger partial charge is 0.281 e. The Hall–Kier alpha value is -2.30. The van der Waals surface area contributed by atoms with Gasteiger partial charge in [0.15, 0.2) is 0 Å². The Bertz CT molecular complexity index is 874. The molecule has 0 saturated carbocycles. The van der Waals surface area contributed by atoms with Crippen molar-refractivity contribution in [2.75, 3.05) is 40.3 Å². The van der Waals surface area contributed by atoms with Gasteiger partial charge in [-0.2, -0.15) is 22.0 Å². The van der Waals surface area contributed by atoms with Gasteiger partial charge >= 0.3 is 0 Å². The van der Waals surface area contributed by atoms with Crippen LogP contribution in [-0.4, -0.2) is 78.3 Å². The Morgan fingerprint density at radius 2 is 1.81 bits per heavy atom. The molecule has 0 atom stereocenters. The SMILES string of the molecule is CN(C)S(=O)(=O)N1CCN(C(=O)CCc2nc(-c3ccccc3)no2)CC1. The molecule has 1 aromatic carbocycles. The lowest BCUT2D eigenvalue weighted by Crippen LogP contribution is -2.53. The standard InChI is InChI=1S/C17H23N5O4S/c1-20(2)27(24,25)22-12-10-21(11-13-22)16(23)9-8-15-18-17(19-26-15)14-6-4-3-5-7-14/h3-7H,8-13H2,1-2H3. The normalized spacial score (nSPS) is 16.0. The zero-order chi connectivity index (χ0) is 19.4. The van der Waals surface area contributed by atoms with Crippen LogP contribution < -0.4 is 0 Å². The Balaban J connectivity index is 1.50. The maximum atomic E-state index is 12.4. The number of carbonyl (C=O) groups is 1. The van der Waals surface area contributed by atoms with Gasteiger partial charge in [-0.1, -0.05) is 35.5 Å². The van der Waals surface area contributed by atoms with Gasteiger partial charge in [0.1, 0.15) is 0 Å².